The van der Waals surface area contributed by atoms with Crippen molar-refractivity contribution >= 4 is 19.7 Å². The van der Waals surface area contributed by atoms with Gasteiger partial charge in [-0.25, -0.2) is 8.42 Å². The van der Waals surface area contributed by atoms with Crippen LogP contribution in [-0.2, 0) is 15.5 Å². The Balaban J connectivity index is 2.71. The van der Waals surface area contributed by atoms with Gasteiger partial charge in [-0.05, 0) is 30.5 Å². The van der Waals surface area contributed by atoms with Crippen molar-refractivity contribution in [2.24, 2.45) is 0 Å². The van der Waals surface area contributed by atoms with E-state index < -0.39 is 9.05 Å². The Bertz CT molecular complexity index is 389. The number of hydrogen-bond acceptors (Lipinski definition) is 3. The van der Waals surface area contributed by atoms with Gasteiger partial charge < -0.3 is 0 Å². The van der Waals surface area contributed by atoms with Gasteiger partial charge in [-0.3, -0.25) is 4.98 Å². The summed E-state index contributed by atoms with van der Waals surface area (Å²) in [6, 6.07) is 1.80. The van der Waals surface area contributed by atoms with Gasteiger partial charge in [0.05, 0.1) is 5.75 Å². The van der Waals surface area contributed by atoms with E-state index in [2.05, 4.69) is 4.98 Å². The molecule has 0 aliphatic heterocycles. The molecule has 0 N–H and O–H groups in total. The number of aromatic nitrogens is 1. The third-order valence-electron chi connectivity index (χ3n) is 1.75. The molecule has 5 heteroatoms. The van der Waals surface area contributed by atoms with Crippen LogP contribution in [0.5, 0.6) is 0 Å². The smallest absolute Gasteiger partial charge is 0.232 e. The van der Waals surface area contributed by atoms with Crippen molar-refractivity contribution in [3.8, 4) is 0 Å². The molecule has 0 aromatic carbocycles. The van der Waals surface area contributed by atoms with Crippen molar-refractivity contribution in [1.82, 2.24) is 4.98 Å². The fourth-order valence-electron chi connectivity index (χ4n) is 1.01. The molecule has 0 fully saturated rings. The SMILES string of the molecule is Cc1cnccc1CCS(=O)(=O)Cl. The first-order valence-electron chi connectivity index (χ1n) is 3.81. The van der Waals surface area contributed by atoms with Crippen molar-refractivity contribution in [2.75, 3.05) is 5.75 Å². The summed E-state index contributed by atoms with van der Waals surface area (Å²) in [5.41, 5.74) is 1.96. The molecule has 0 saturated heterocycles. The Morgan fingerprint density at radius 2 is 2.23 bits per heavy atom. The predicted octanol–water partition coefficient (Wildman–Crippen LogP) is 1.50. The Labute approximate surface area is 82.2 Å². The molecule has 1 aromatic rings. The van der Waals surface area contributed by atoms with Gasteiger partial charge in [-0.15, -0.1) is 0 Å². The van der Waals surface area contributed by atoms with Gasteiger partial charge in [0.1, 0.15) is 0 Å². The molecule has 1 aromatic heterocycles. The molecule has 72 valence electrons. The van der Waals surface area contributed by atoms with E-state index in [1.807, 2.05) is 6.92 Å². The second-order valence-electron chi connectivity index (χ2n) is 2.80. The normalized spacial score (nSPS) is 11.5. The second-order valence-corrected chi connectivity index (χ2v) is 5.69. The van der Waals surface area contributed by atoms with Crippen molar-refractivity contribution in [1.29, 1.82) is 0 Å². The van der Waals surface area contributed by atoms with E-state index in [-0.39, 0.29) is 5.75 Å². The standard InChI is InChI=1S/C8H10ClNO2S/c1-7-6-10-4-2-8(7)3-5-13(9,11)12/h2,4,6H,3,5H2,1H3. The highest BCUT2D eigenvalue weighted by atomic mass is 35.7. The molecule has 0 saturated carbocycles. The summed E-state index contributed by atoms with van der Waals surface area (Å²) in [4.78, 5) is 3.91. The average molecular weight is 220 g/mol. The van der Waals surface area contributed by atoms with E-state index >= 15 is 0 Å². The van der Waals surface area contributed by atoms with Gasteiger partial charge in [0.2, 0.25) is 9.05 Å². The second kappa shape index (κ2) is 4.07. The lowest BCUT2D eigenvalue weighted by atomic mass is 10.1. The summed E-state index contributed by atoms with van der Waals surface area (Å²) in [5, 5.41) is 0. The number of aryl methyl sites for hydroxylation is 2. The van der Waals surface area contributed by atoms with E-state index in [4.69, 9.17) is 10.7 Å². The van der Waals surface area contributed by atoms with Gasteiger partial charge >= 0.3 is 0 Å². The summed E-state index contributed by atoms with van der Waals surface area (Å²) in [5.74, 6) is -0.0284. The molecular weight excluding hydrogens is 210 g/mol. The molecule has 0 atom stereocenters. The van der Waals surface area contributed by atoms with Crippen LogP contribution >= 0.6 is 10.7 Å². The minimum atomic E-state index is -3.39. The van der Waals surface area contributed by atoms with Crippen molar-refractivity contribution < 1.29 is 8.42 Å². The molecule has 0 radical (unpaired) electrons. The van der Waals surface area contributed by atoms with Gasteiger partial charge in [-0.2, -0.15) is 0 Å². The van der Waals surface area contributed by atoms with Crippen LogP contribution in [0.4, 0.5) is 0 Å². The van der Waals surface area contributed by atoms with Crippen molar-refractivity contribution in [2.45, 2.75) is 13.3 Å². The van der Waals surface area contributed by atoms with Gasteiger partial charge in [0.25, 0.3) is 0 Å². The lowest BCUT2D eigenvalue weighted by Gasteiger charge is -2.01. The predicted molar refractivity (Wildman–Crippen MR) is 52.3 cm³/mol. The van der Waals surface area contributed by atoms with Crippen LogP contribution in [0.2, 0.25) is 0 Å². The van der Waals surface area contributed by atoms with Crippen LogP contribution in [0.15, 0.2) is 18.5 Å². The molecule has 1 heterocycles. The molecular formula is C8H10ClNO2S. The Morgan fingerprint density at radius 1 is 1.54 bits per heavy atom. The van der Waals surface area contributed by atoms with Crippen LogP contribution in [0, 0.1) is 6.92 Å². The Morgan fingerprint density at radius 3 is 2.77 bits per heavy atom. The number of halogens is 1. The summed E-state index contributed by atoms with van der Waals surface area (Å²) >= 11 is 0. The van der Waals surface area contributed by atoms with Crippen molar-refractivity contribution in [3.05, 3.63) is 29.6 Å². The van der Waals surface area contributed by atoms with E-state index in [9.17, 15) is 8.42 Å². The number of pyridine rings is 1. The van der Waals surface area contributed by atoms with E-state index in [1.54, 1.807) is 18.5 Å². The molecule has 0 amide bonds. The monoisotopic (exact) mass is 219 g/mol. The first-order chi connectivity index (χ1) is 5.99. The molecule has 0 unspecified atom stereocenters. The maximum atomic E-state index is 10.7. The summed E-state index contributed by atoms with van der Waals surface area (Å²) in [6.07, 6.45) is 3.79. The fraction of sp³-hybridized carbons (Fsp3) is 0.375. The highest BCUT2D eigenvalue weighted by Gasteiger charge is 2.06. The van der Waals surface area contributed by atoms with Crippen LogP contribution in [-0.4, -0.2) is 19.2 Å². The third kappa shape index (κ3) is 3.74. The minimum Gasteiger partial charge on any atom is -0.264 e. The van der Waals surface area contributed by atoms with Crippen molar-refractivity contribution in [3.63, 3.8) is 0 Å². The summed E-state index contributed by atoms with van der Waals surface area (Å²) in [6.45, 7) is 1.89. The molecule has 0 bridgehead atoms. The quantitative estimate of drug-likeness (QED) is 0.724. The number of rotatable bonds is 3. The van der Waals surface area contributed by atoms with E-state index in [1.165, 1.54) is 0 Å². The molecule has 0 spiro atoms. The molecule has 13 heavy (non-hydrogen) atoms. The highest BCUT2D eigenvalue weighted by molar-refractivity contribution is 8.13. The summed E-state index contributed by atoms with van der Waals surface area (Å²) < 4.78 is 21.3. The Hall–Kier alpha value is -0.610. The average Bonchev–Trinajstić information content (AvgIpc) is 2.01. The zero-order valence-corrected chi connectivity index (χ0v) is 8.77. The number of hydrogen-bond donors (Lipinski definition) is 0. The fourth-order valence-corrected chi connectivity index (χ4v) is 1.71. The molecule has 0 aliphatic rings. The van der Waals surface area contributed by atoms with E-state index in [0.717, 1.165) is 11.1 Å². The maximum Gasteiger partial charge on any atom is 0.232 e. The largest absolute Gasteiger partial charge is 0.264 e. The lowest BCUT2D eigenvalue weighted by Crippen LogP contribution is -2.02. The molecule has 1 rings (SSSR count). The Kier molecular flexibility index (Phi) is 3.27. The lowest BCUT2D eigenvalue weighted by molar-refractivity contribution is 0.609. The first kappa shape index (κ1) is 10.5. The minimum absolute atomic E-state index is 0.0284. The maximum absolute atomic E-state index is 10.7. The van der Waals surface area contributed by atoms with Crippen LogP contribution in [0.3, 0.4) is 0 Å². The van der Waals surface area contributed by atoms with Gasteiger partial charge in [-0.1, -0.05) is 0 Å². The zero-order valence-electron chi connectivity index (χ0n) is 7.20. The van der Waals surface area contributed by atoms with Gasteiger partial charge in [0.15, 0.2) is 0 Å². The molecule has 0 aliphatic carbocycles. The first-order valence-corrected chi connectivity index (χ1v) is 6.29. The van der Waals surface area contributed by atoms with Crippen LogP contribution in [0.1, 0.15) is 11.1 Å². The van der Waals surface area contributed by atoms with Gasteiger partial charge in [0, 0.05) is 23.1 Å². The number of nitrogens with zero attached hydrogens (tertiary/aromatic N) is 1. The van der Waals surface area contributed by atoms with Crippen LogP contribution < -0.4 is 0 Å². The third-order valence-corrected chi connectivity index (χ3v) is 2.91. The van der Waals surface area contributed by atoms with E-state index in [0.29, 0.717) is 6.42 Å². The molecule has 3 nitrogen and oxygen atoms in total. The zero-order chi connectivity index (χ0) is 9.90. The summed E-state index contributed by atoms with van der Waals surface area (Å²) in [7, 11) is 1.70. The topological polar surface area (TPSA) is 47.0 Å². The highest BCUT2D eigenvalue weighted by Crippen LogP contribution is 2.08. The van der Waals surface area contributed by atoms with Crippen LogP contribution in [0.25, 0.3) is 0 Å².